The van der Waals surface area contributed by atoms with Crippen molar-refractivity contribution >= 4 is 27.5 Å². The Bertz CT molecular complexity index is 1240. The average molecular weight is 484 g/mol. The van der Waals surface area contributed by atoms with Crippen LogP contribution in [0.2, 0.25) is 0 Å². The molecule has 0 heterocycles. The summed E-state index contributed by atoms with van der Waals surface area (Å²) in [5.41, 5.74) is 0.502. The second-order valence-electron chi connectivity index (χ2n) is 7.56. The molecule has 7 nitrogen and oxygen atoms in total. The maximum Gasteiger partial charge on any atom is 0.264 e. The summed E-state index contributed by atoms with van der Waals surface area (Å²) in [6.45, 7) is 0.737. The molecule has 0 aliphatic carbocycles. The van der Waals surface area contributed by atoms with E-state index in [0.717, 1.165) is 4.31 Å². The van der Waals surface area contributed by atoms with E-state index in [2.05, 4.69) is 5.32 Å². The van der Waals surface area contributed by atoms with E-state index in [0.29, 0.717) is 0 Å². The van der Waals surface area contributed by atoms with E-state index in [1.807, 2.05) is 0 Å². The molecule has 3 aromatic carbocycles. The van der Waals surface area contributed by atoms with Gasteiger partial charge in [-0.05, 0) is 37.3 Å². The Labute approximate surface area is 198 Å². The van der Waals surface area contributed by atoms with E-state index in [4.69, 9.17) is 0 Å². The topological polar surface area (TPSA) is 86.8 Å². The summed E-state index contributed by atoms with van der Waals surface area (Å²) in [4.78, 5) is 27.1. The van der Waals surface area contributed by atoms with Crippen LogP contribution in [0.3, 0.4) is 0 Å². The van der Waals surface area contributed by atoms with Gasteiger partial charge in [-0.25, -0.2) is 12.8 Å². The zero-order chi connectivity index (χ0) is 24.7. The van der Waals surface area contributed by atoms with Gasteiger partial charge in [-0.3, -0.25) is 13.9 Å². The Hall–Kier alpha value is -3.72. The summed E-state index contributed by atoms with van der Waals surface area (Å²) in [5, 5.41) is 2.48. The molecule has 0 aromatic heterocycles. The lowest BCUT2D eigenvalue weighted by Crippen LogP contribution is -2.50. The van der Waals surface area contributed by atoms with Crippen molar-refractivity contribution in [3.63, 3.8) is 0 Å². The highest BCUT2D eigenvalue weighted by Crippen LogP contribution is 2.24. The monoisotopic (exact) mass is 483 g/mol. The molecular formula is C25H26FN3O4S. The quantitative estimate of drug-likeness (QED) is 0.507. The smallest absolute Gasteiger partial charge is 0.264 e. The molecule has 3 aromatic rings. The van der Waals surface area contributed by atoms with Gasteiger partial charge in [-0.1, -0.05) is 54.6 Å². The molecule has 34 heavy (non-hydrogen) atoms. The zero-order valence-electron chi connectivity index (χ0n) is 18.9. The number of halogens is 1. The summed E-state index contributed by atoms with van der Waals surface area (Å²) >= 11 is 0. The molecule has 0 saturated heterocycles. The number of anilines is 1. The van der Waals surface area contributed by atoms with E-state index in [1.165, 1.54) is 49.2 Å². The minimum absolute atomic E-state index is 0.0201. The highest BCUT2D eigenvalue weighted by molar-refractivity contribution is 7.92. The van der Waals surface area contributed by atoms with Crippen molar-refractivity contribution in [3.8, 4) is 0 Å². The van der Waals surface area contributed by atoms with Crippen LogP contribution < -0.4 is 9.62 Å². The van der Waals surface area contributed by atoms with E-state index >= 15 is 0 Å². The number of likely N-dealkylation sites (N-methyl/N-ethyl adjacent to an activating group) is 1. The standard InChI is InChI=1S/C25H26FN3O4S/c1-19(25(31)27-2)28(17-20-11-9-10-16-23(20)26)24(30)18-29(21-12-5-3-6-13-21)34(32,33)22-14-7-4-8-15-22/h3-16,19H,17-18H2,1-2H3,(H,27,31). The molecule has 0 radical (unpaired) electrons. The van der Waals surface area contributed by atoms with Gasteiger partial charge in [0.1, 0.15) is 18.4 Å². The predicted octanol–water partition coefficient (Wildman–Crippen LogP) is 3.18. The fourth-order valence-corrected chi connectivity index (χ4v) is 4.88. The first-order valence-corrected chi connectivity index (χ1v) is 12.1. The number of para-hydroxylation sites is 1. The Morgan fingerprint density at radius 2 is 1.47 bits per heavy atom. The zero-order valence-corrected chi connectivity index (χ0v) is 19.7. The van der Waals surface area contributed by atoms with Crippen LogP contribution >= 0.6 is 0 Å². The Balaban J connectivity index is 2.01. The second kappa shape index (κ2) is 10.9. The van der Waals surface area contributed by atoms with Crippen molar-refractivity contribution in [2.45, 2.75) is 24.4 Å². The van der Waals surface area contributed by atoms with Crippen LogP contribution in [0.5, 0.6) is 0 Å². The van der Waals surface area contributed by atoms with Gasteiger partial charge in [0.15, 0.2) is 0 Å². The molecule has 3 rings (SSSR count). The molecule has 1 atom stereocenters. The van der Waals surface area contributed by atoms with Crippen LogP contribution in [0.25, 0.3) is 0 Å². The number of sulfonamides is 1. The number of hydrogen-bond acceptors (Lipinski definition) is 4. The van der Waals surface area contributed by atoms with E-state index in [1.54, 1.807) is 54.6 Å². The summed E-state index contributed by atoms with van der Waals surface area (Å²) in [7, 11) is -2.67. The van der Waals surface area contributed by atoms with Crippen LogP contribution in [-0.2, 0) is 26.2 Å². The Morgan fingerprint density at radius 3 is 2.06 bits per heavy atom. The molecule has 1 N–H and O–H groups in total. The lowest BCUT2D eigenvalue weighted by molar-refractivity contribution is -0.139. The van der Waals surface area contributed by atoms with Crippen LogP contribution in [0.1, 0.15) is 12.5 Å². The maximum atomic E-state index is 14.4. The molecule has 9 heteroatoms. The number of rotatable bonds is 9. The van der Waals surface area contributed by atoms with E-state index in [9.17, 15) is 22.4 Å². The first-order valence-electron chi connectivity index (χ1n) is 10.6. The number of benzene rings is 3. The van der Waals surface area contributed by atoms with Crippen LogP contribution in [0, 0.1) is 5.82 Å². The van der Waals surface area contributed by atoms with Gasteiger partial charge in [0.05, 0.1) is 10.6 Å². The largest absolute Gasteiger partial charge is 0.357 e. The van der Waals surface area contributed by atoms with Gasteiger partial charge < -0.3 is 10.2 Å². The van der Waals surface area contributed by atoms with Gasteiger partial charge in [-0.15, -0.1) is 0 Å². The minimum Gasteiger partial charge on any atom is -0.357 e. The fraction of sp³-hybridized carbons (Fsp3) is 0.200. The van der Waals surface area contributed by atoms with Crippen molar-refractivity contribution in [2.75, 3.05) is 17.9 Å². The maximum absolute atomic E-state index is 14.4. The molecule has 0 aliphatic heterocycles. The first-order chi connectivity index (χ1) is 16.3. The van der Waals surface area contributed by atoms with Crippen molar-refractivity contribution < 1.29 is 22.4 Å². The molecule has 0 saturated carbocycles. The Morgan fingerprint density at radius 1 is 0.912 bits per heavy atom. The van der Waals surface area contributed by atoms with Gasteiger partial charge in [0.25, 0.3) is 10.0 Å². The lowest BCUT2D eigenvalue weighted by Gasteiger charge is -2.31. The molecule has 0 bridgehead atoms. The van der Waals surface area contributed by atoms with Gasteiger partial charge in [-0.2, -0.15) is 0 Å². The van der Waals surface area contributed by atoms with Crippen molar-refractivity contribution in [1.29, 1.82) is 0 Å². The number of nitrogens with one attached hydrogen (secondary N) is 1. The van der Waals surface area contributed by atoms with Crippen LogP contribution in [0.15, 0.2) is 89.8 Å². The normalized spacial score (nSPS) is 12.0. The number of hydrogen-bond donors (Lipinski definition) is 1. The molecule has 0 spiro atoms. The number of carbonyl (C=O) groups is 2. The predicted molar refractivity (Wildman–Crippen MR) is 128 cm³/mol. The van der Waals surface area contributed by atoms with Crippen molar-refractivity contribution in [2.24, 2.45) is 0 Å². The average Bonchev–Trinajstić information content (AvgIpc) is 2.86. The lowest BCUT2D eigenvalue weighted by atomic mass is 10.1. The summed E-state index contributed by atoms with van der Waals surface area (Å²) < 4.78 is 42.3. The summed E-state index contributed by atoms with van der Waals surface area (Å²) in [6, 6.07) is 21.0. The van der Waals surface area contributed by atoms with Crippen molar-refractivity contribution in [3.05, 3.63) is 96.3 Å². The van der Waals surface area contributed by atoms with Crippen LogP contribution in [0.4, 0.5) is 10.1 Å². The summed E-state index contributed by atoms with van der Waals surface area (Å²) in [5.74, 6) is -1.63. The highest BCUT2D eigenvalue weighted by Gasteiger charge is 2.32. The van der Waals surface area contributed by atoms with E-state index < -0.39 is 40.2 Å². The number of amides is 2. The molecule has 2 amide bonds. The van der Waals surface area contributed by atoms with Crippen molar-refractivity contribution in [1.82, 2.24) is 10.2 Å². The van der Waals surface area contributed by atoms with Crippen LogP contribution in [-0.4, -0.2) is 44.8 Å². The molecule has 1 unspecified atom stereocenters. The number of nitrogens with zero attached hydrogens (tertiary/aromatic N) is 2. The molecular weight excluding hydrogens is 457 g/mol. The first kappa shape index (κ1) is 24.9. The fourth-order valence-electron chi connectivity index (χ4n) is 3.44. The minimum atomic E-state index is -4.10. The second-order valence-corrected chi connectivity index (χ2v) is 9.43. The molecule has 0 aliphatic rings. The van der Waals surface area contributed by atoms with Gasteiger partial charge >= 0.3 is 0 Å². The Kier molecular flexibility index (Phi) is 8.01. The van der Waals surface area contributed by atoms with Gasteiger partial charge in [0.2, 0.25) is 11.8 Å². The highest BCUT2D eigenvalue weighted by atomic mass is 32.2. The third-order valence-corrected chi connectivity index (χ3v) is 7.15. The SMILES string of the molecule is CNC(=O)C(C)N(Cc1ccccc1F)C(=O)CN(c1ccccc1)S(=O)(=O)c1ccccc1. The summed E-state index contributed by atoms with van der Waals surface area (Å²) in [6.07, 6.45) is 0. The third-order valence-electron chi connectivity index (χ3n) is 5.37. The number of carbonyl (C=O) groups excluding carboxylic acids is 2. The molecule has 178 valence electrons. The third kappa shape index (κ3) is 5.60. The van der Waals surface area contributed by atoms with Gasteiger partial charge in [0, 0.05) is 19.2 Å². The van der Waals surface area contributed by atoms with E-state index in [-0.39, 0.29) is 22.7 Å². The molecule has 0 fully saturated rings.